The van der Waals surface area contributed by atoms with Crippen LogP contribution in [0.4, 0.5) is 11.4 Å². The van der Waals surface area contributed by atoms with Crippen LogP contribution in [0.25, 0.3) is 0 Å². The summed E-state index contributed by atoms with van der Waals surface area (Å²) < 4.78 is 0. The molecule has 1 amide bonds. The summed E-state index contributed by atoms with van der Waals surface area (Å²) in [6.07, 6.45) is 1.71. The summed E-state index contributed by atoms with van der Waals surface area (Å²) in [5.74, 6) is -0.534. The van der Waals surface area contributed by atoms with E-state index in [1.807, 2.05) is 24.3 Å². The van der Waals surface area contributed by atoms with Gasteiger partial charge in [0, 0.05) is 17.9 Å². The van der Waals surface area contributed by atoms with Gasteiger partial charge in [-0.15, -0.1) is 0 Å². The summed E-state index contributed by atoms with van der Waals surface area (Å²) in [4.78, 5) is 16.6. The molecule has 0 saturated carbocycles. The molecule has 0 fully saturated rings. The number of para-hydroxylation sites is 2. The summed E-state index contributed by atoms with van der Waals surface area (Å²) in [6.45, 7) is 1.94. The van der Waals surface area contributed by atoms with E-state index in [-0.39, 0.29) is 11.8 Å². The maximum atomic E-state index is 12.1. The van der Waals surface area contributed by atoms with Crippen molar-refractivity contribution in [1.29, 1.82) is 0 Å². The van der Waals surface area contributed by atoms with Crippen LogP contribution in [-0.2, 0) is 11.2 Å². The molecule has 1 atom stereocenters. The number of benzene rings is 2. The molecule has 4 nitrogen and oxygen atoms in total. The lowest BCUT2D eigenvalue weighted by molar-refractivity contribution is -0.119. The minimum absolute atomic E-state index is 0.257. The van der Waals surface area contributed by atoms with Gasteiger partial charge in [0.05, 0.1) is 5.92 Å². The Morgan fingerprint density at radius 2 is 1.79 bits per heavy atom. The van der Waals surface area contributed by atoms with Crippen molar-refractivity contribution in [3.63, 3.8) is 0 Å². The zero-order valence-electron chi connectivity index (χ0n) is 14.4. The number of carbonyl (C=O) groups is 1. The van der Waals surface area contributed by atoms with Gasteiger partial charge in [-0.3, -0.25) is 4.79 Å². The van der Waals surface area contributed by atoms with Gasteiger partial charge in [0.1, 0.15) is 0 Å². The molecule has 0 aromatic heterocycles. The molecule has 0 bridgehead atoms. The first-order chi connectivity index (χ1) is 11.6. The first-order valence-electron chi connectivity index (χ1n) is 8.46. The van der Waals surface area contributed by atoms with Crippen LogP contribution in [0.3, 0.4) is 0 Å². The van der Waals surface area contributed by atoms with Crippen LogP contribution >= 0.6 is 0 Å². The normalized spacial score (nSPS) is 16.5. The maximum absolute atomic E-state index is 12.1. The summed E-state index contributed by atoms with van der Waals surface area (Å²) >= 11 is 0. The molecular formula is C20H25N3O. The second kappa shape index (κ2) is 7.05. The Bertz CT molecular complexity index is 726. The van der Waals surface area contributed by atoms with Gasteiger partial charge < -0.3 is 15.5 Å². The highest BCUT2D eigenvalue weighted by atomic mass is 16.1. The van der Waals surface area contributed by atoms with E-state index in [2.05, 4.69) is 48.2 Å². The van der Waals surface area contributed by atoms with Gasteiger partial charge in [-0.05, 0) is 56.7 Å². The quantitative estimate of drug-likeness (QED) is 0.920. The summed E-state index contributed by atoms with van der Waals surface area (Å²) in [7, 11) is 4.18. The van der Waals surface area contributed by atoms with Crippen LogP contribution in [0.5, 0.6) is 0 Å². The topological polar surface area (TPSA) is 49.6 Å². The third-order valence-electron chi connectivity index (χ3n) is 4.64. The van der Waals surface area contributed by atoms with Crippen LogP contribution < -0.4 is 10.6 Å². The number of rotatable bonds is 5. The number of nitrogens with two attached hydrogens (primary N) is 1. The molecule has 0 aliphatic carbocycles. The van der Waals surface area contributed by atoms with E-state index < -0.39 is 0 Å². The Balaban J connectivity index is 2.06. The predicted molar refractivity (Wildman–Crippen MR) is 98.7 cm³/mol. The molecule has 24 heavy (non-hydrogen) atoms. The molecule has 126 valence electrons. The molecule has 1 heterocycles. The van der Waals surface area contributed by atoms with Crippen molar-refractivity contribution in [2.75, 3.05) is 32.1 Å². The molecule has 0 saturated heterocycles. The van der Waals surface area contributed by atoms with Gasteiger partial charge in [0.15, 0.2) is 0 Å². The van der Waals surface area contributed by atoms with E-state index in [0.29, 0.717) is 6.42 Å². The lowest BCUT2D eigenvalue weighted by Gasteiger charge is -2.27. The van der Waals surface area contributed by atoms with E-state index in [4.69, 9.17) is 5.73 Å². The Kier molecular flexibility index (Phi) is 4.86. The lowest BCUT2D eigenvalue weighted by atomic mass is 9.91. The highest BCUT2D eigenvalue weighted by Gasteiger charge is 2.29. The van der Waals surface area contributed by atoms with Gasteiger partial charge in [0.2, 0.25) is 5.91 Å². The Morgan fingerprint density at radius 1 is 1.12 bits per heavy atom. The Hall–Kier alpha value is -2.33. The van der Waals surface area contributed by atoms with Crippen molar-refractivity contribution >= 4 is 17.3 Å². The molecule has 2 aromatic carbocycles. The third kappa shape index (κ3) is 3.29. The molecule has 1 aliphatic heterocycles. The average molecular weight is 323 g/mol. The highest BCUT2D eigenvalue weighted by Crippen LogP contribution is 2.40. The zero-order valence-corrected chi connectivity index (χ0v) is 14.4. The van der Waals surface area contributed by atoms with E-state index >= 15 is 0 Å². The number of carbonyl (C=O) groups excluding carboxylic acids is 1. The number of hydrogen-bond donors (Lipinski definition) is 1. The van der Waals surface area contributed by atoms with Crippen LogP contribution in [0, 0.1) is 0 Å². The Labute approximate surface area is 143 Å². The fourth-order valence-corrected chi connectivity index (χ4v) is 3.47. The van der Waals surface area contributed by atoms with Gasteiger partial charge >= 0.3 is 0 Å². The van der Waals surface area contributed by atoms with Crippen LogP contribution in [0.2, 0.25) is 0 Å². The summed E-state index contributed by atoms with van der Waals surface area (Å²) in [6, 6.07) is 16.5. The van der Waals surface area contributed by atoms with Gasteiger partial charge in [-0.25, -0.2) is 0 Å². The highest BCUT2D eigenvalue weighted by molar-refractivity contribution is 5.87. The van der Waals surface area contributed by atoms with Crippen molar-refractivity contribution in [2.45, 2.75) is 18.8 Å². The van der Waals surface area contributed by atoms with Crippen LogP contribution in [0.15, 0.2) is 48.5 Å². The molecule has 4 heteroatoms. The zero-order chi connectivity index (χ0) is 17.1. The summed E-state index contributed by atoms with van der Waals surface area (Å²) in [5, 5.41) is 0. The molecule has 2 N–H and O–H groups in total. The van der Waals surface area contributed by atoms with Crippen molar-refractivity contribution < 1.29 is 4.79 Å². The molecule has 0 unspecified atom stereocenters. The smallest absolute Gasteiger partial charge is 0.225 e. The van der Waals surface area contributed by atoms with E-state index in [1.54, 1.807) is 0 Å². The van der Waals surface area contributed by atoms with Crippen molar-refractivity contribution in [2.24, 2.45) is 5.73 Å². The average Bonchev–Trinajstić information content (AvgIpc) is 2.70. The van der Waals surface area contributed by atoms with Crippen molar-refractivity contribution in [3.05, 3.63) is 59.7 Å². The standard InChI is InChI=1S/C20H25N3O/c1-22(2)12-7-13-23-18-10-5-3-8-15(18)14-17(20(21)24)16-9-4-6-11-19(16)23/h3-6,8-11,17H,7,12-14H2,1-2H3,(H2,21,24)/t17-/m0/s1. The predicted octanol–water partition coefficient (Wildman–Crippen LogP) is 2.90. The number of anilines is 2. The van der Waals surface area contributed by atoms with Gasteiger partial charge in [0.25, 0.3) is 0 Å². The Morgan fingerprint density at radius 3 is 2.50 bits per heavy atom. The monoisotopic (exact) mass is 323 g/mol. The molecular weight excluding hydrogens is 298 g/mol. The van der Waals surface area contributed by atoms with E-state index in [0.717, 1.165) is 30.8 Å². The van der Waals surface area contributed by atoms with Gasteiger partial charge in [-0.1, -0.05) is 36.4 Å². The van der Waals surface area contributed by atoms with E-state index in [1.165, 1.54) is 11.3 Å². The van der Waals surface area contributed by atoms with Crippen molar-refractivity contribution in [1.82, 2.24) is 4.90 Å². The number of primary amides is 1. The number of nitrogens with zero attached hydrogens (tertiary/aromatic N) is 2. The number of amides is 1. The number of fused-ring (bicyclic) bond motifs is 2. The van der Waals surface area contributed by atoms with Crippen LogP contribution in [-0.4, -0.2) is 38.0 Å². The third-order valence-corrected chi connectivity index (χ3v) is 4.64. The van der Waals surface area contributed by atoms with Crippen LogP contribution in [0.1, 0.15) is 23.5 Å². The number of hydrogen-bond acceptors (Lipinski definition) is 3. The lowest BCUT2D eigenvalue weighted by Crippen LogP contribution is -2.25. The summed E-state index contributed by atoms with van der Waals surface area (Å²) in [5.41, 5.74) is 10.2. The fourth-order valence-electron chi connectivity index (χ4n) is 3.47. The molecule has 1 aliphatic rings. The first-order valence-corrected chi connectivity index (χ1v) is 8.46. The van der Waals surface area contributed by atoms with Crippen molar-refractivity contribution in [3.8, 4) is 0 Å². The second-order valence-corrected chi connectivity index (χ2v) is 6.66. The largest absolute Gasteiger partial charge is 0.369 e. The SMILES string of the molecule is CN(C)CCCN1c2ccccc2C[C@H](C(N)=O)c2ccccc21. The minimum atomic E-state index is -0.277. The van der Waals surface area contributed by atoms with E-state index in [9.17, 15) is 4.79 Å². The fraction of sp³-hybridized carbons (Fsp3) is 0.350. The molecule has 3 rings (SSSR count). The minimum Gasteiger partial charge on any atom is -0.369 e. The molecule has 2 aromatic rings. The maximum Gasteiger partial charge on any atom is 0.225 e. The molecule has 0 spiro atoms. The first kappa shape index (κ1) is 16.5. The molecule has 0 radical (unpaired) electrons. The second-order valence-electron chi connectivity index (χ2n) is 6.66. The van der Waals surface area contributed by atoms with Gasteiger partial charge in [-0.2, -0.15) is 0 Å².